The summed E-state index contributed by atoms with van der Waals surface area (Å²) in [5.41, 5.74) is 1.08. The number of rotatable bonds is 1. The van der Waals surface area contributed by atoms with Gasteiger partial charge in [0, 0.05) is 6.20 Å². The minimum atomic E-state index is -0.650. The van der Waals surface area contributed by atoms with E-state index in [2.05, 4.69) is 32.7 Å². The van der Waals surface area contributed by atoms with Gasteiger partial charge in [-0.25, -0.2) is 19.4 Å². The van der Waals surface area contributed by atoms with Crippen LogP contribution in [0.3, 0.4) is 0 Å². The molecule has 0 saturated carbocycles. The topological polar surface area (TPSA) is 77.3 Å². The molecule has 2 aromatic heterocycles. The van der Waals surface area contributed by atoms with E-state index in [0.717, 1.165) is 14.3 Å². The molecule has 8 heteroatoms. The van der Waals surface area contributed by atoms with E-state index in [1.807, 2.05) is 12.1 Å². The molecule has 0 bridgehead atoms. The Morgan fingerprint density at radius 1 is 1.35 bits per heavy atom. The number of carbonyl (C=O) groups excluding carboxylic acids is 2. The van der Waals surface area contributed by atoms with Crippen LogP contribution in [0, 0.1) is 3.70 Å². The van der Waals surface area contributed by atoms with Gasteiger partial charge in [0.25, 0.3) is 5.91 Å². The van der Waals surface area contributed by atoms with Gasteiger partial charge in [-0.3, -0.25) is 4.79 Å². The number of fused-ring (bicyclic) bond motifs is 1. The normalized spacial score (nSPS) is 14.1. The predicted octanol–water partition coefficient (Wildman–Crippen LogP) is 2.76. The maximum absolute atomic E-state index is 12.4. The number of amides is 2. The Morgan fingerprint density at radius 2 is 2.09 bits per heavy atom. The lowest BCUT2D eigenvalue weighted by Gasteiger charge is -2.23. The van der Waals surface area contributed by atoms with Crippen molar-refractivity contribution in [1.29, 1.82) is 0 Å². The Morgan fingerprint density at radius 3 is 2.65 bits per heavy atom. The van der Waals surface area contributed by atoms with E-state index >= 15 is 0 Å². The van der Waals surface area contributed by atoms with E-state index < -0.39 is 11.7 Å². The van der Waals surface area contributed by atoms with Crippen molar-refractivity contribution in [2.45, 2.75) is 32.9 Å². The number of ether oxygens (including phenoxy) is 1. The maximum atomic E-state index is 12.4. The third-order valence-electron chi connectivity index (χ3n) is 3.16. The lowest BCUT2D eigenvalue weighted by Crippen LogP contribution is -2.37. The number of imide groups is 1. The summed E-state index contributed by atoms with van der Waals surface area (Å²) in [5.74, 6) is -0.390. The third kappa shape index (κ3) is 3.21. The minimum absolute atomic E-state index is 0.119. The van der Waals surface area contributed by atoms with Gasteiger partial charge >= 0.3 is 6.09 Å². The van der Waals surface area contributed by atoms with Crippen LogP contribution < -0.4 is 0 Å². The van der Waals surface area contributed by atoms with Crippen molar-refractivity contribution in [2.24, 2.45) is 0 Å². The summed E-state index contributed by atoms with van der Waals surface area (Å²) >= 11 is 2.12. The molecule has 0 atom stereocenters. The van der Waals surface area contributed by atoms with Crippen molar-refractivity contribution < 1.29 is 14.3 Å². The molecule has 7 nitrogen and oxygen atoms in total. The van der Waals surface area contributed by atoms with E-state index in [9.17, 15) is 9.59 Å². The van der Waals surface area contributed by atoms with Crippen molar-refractivity contribution in [3.63, 3.8) is 0 Å². The molecule has 0 N–H and O–H groups in total. The van der Waals surface area contributed by atoms with Crippen molar-refractivity contribution >= 4 is 34.6 Å². The molecule has 23 heavy (non-hydrogen) atoms. The summed E-state index contributed by atoms with van der Waals surface area (Å²) in [4.78, 5) is 29.7. The summed E-state index contributed by atoms with van der Waals surface area (Å²) in [5, 5.41) is 4.37. The van der Waals surface area contributed by atoms with Gasteiger partial charge in [-0.15, -0.1) is 0 Å². The van der Waals surface area contributed by atoms with Gasteiger partial charge < -0.3 is 4.74 Å². The zero-order chi connectivity index (χ0) is 16.8. The fourth-order valence-corrected chi connectivity index (χ4v) is 2.49. The molecule has 0 spiro atoms. The van der Waals surface area contributed by atoms with Crippen LogP contribution in [0.2, 0.25) is 0 Å². The molecule has 3 heterocycles. The Balaban J connectivity index is 1.82. The first kappa shape index (κ1) is 15.9. The Kier molecular flexibility index (Phi) is 3.86. The van der Waals surface area contributed by atoms with Crippen LogP contribution in [-0.4, -0.2) is 37.3 Å². The van der Waals surface area contributed by atoms with Crippen molar-refractivity contribution in [3.8, 4) is 5.69 Å². The van der Waals surface area contributed by atoms with Gasteiger partial charge in [-0.2, -0.15) is 5.10 Å². The highest BCUT2D eigenvalue weighted by molar-refractivity contribution is 14.1. The Hall–Kier alpha value is -1.97. The lowest BCUT2D eigenvalue weighted by molar-refractivity contribution is 0.0246. The molecule has 3 rings (SSSR count). The molecular formula is C15H15IN4O3. The van der Waals surface area contributed by atoms with Crippen LogP contribution in [0.15, 0.2) is 24.5 Å². The van der Waals surface area contributed by atoms with Gasteiger partial charge in [-0.05, 0) is 55.5 Å². The molecule has 1 aliphatic heterocycles. The third-order valence-corrected chi connectivity index (χ3v) is 3.80. The summed E-state index contributed by atoms with van der Waals surface area (Å²) in [6.07, 6.45) is 2.65. The van der Waals surface area contributed by atoms with E-state index in [1.54, 1.807) is 37.8 Å². The van der Waals surface area contributed by atoms with Crippen LogP contribution >= 0.6 is 22.6 Å². The first-order valence-corrected chi connectivity index (χ1v) is 8.08. The number of nitrogens with zero attached hydrogens (tertiary/aromatic N) is 4. The highest BCUT2D eigenvalue weighted by Gasteiger charge is 2.37. The van der Waals surface area contributed by atoms with E-state index in [4.69, 9.17) is 4.74 Å². The second-order valence-electron chi connectivity index (χ2n) is 6.14. The summed E-state index contributed by atoms with van der Waals surface area (Å²) in [6.45, 7) is 5.39. The number of carbonyl (C=O) groups is 2. The summed E-state index contributed by atoms with van der Waals surface area (Å²) in [7, 11) is 0. The number of hydrogen-bond acceptors (Lipinski definition) is 5. The Labute approximate surface area is 146 Å². The molecule has 120 valence electrons. The quantitative estimate of drug-likeness (QED) is 0.518. The molecule has 0 aliphatic carbocycles. The largest absolute Gasteiger partial charge is 0.443 e. The fourth-order valence-electron chi connectivity index (χ4n) is 2.17. The van der Waals surface area contributed by atoms with Crippen LogP contribution in [0.25, 0.3) is 5.69 Å². The van der Waals surface area contributed by atoms with Crippen molar-refractivity contribution in [3.05, 3.63) is 39.5 Å². The van der Waals surface area contributed by atoms with Crippen LogP contribution in [0.1, 0.15) is 36.8 Å². The minimum Gasteiger partial charge on any atom is -0.443 e. The van der Waals surface area contributed by atoms with Gasteiger partial charge in [0.05, 0.1) is 29.7 Å². The maximum Gasteiger partial charge on any atom is 0.417 e. The lowest BCUT2D eigenvalue weighted by atomic mass is 10.2. The van der Waals surface area contributed by atoms with E-state index in [-0.39, 0.29) is 12.5 Å². The van der Waals surface area contributed by atoms with Crippen LogP contribution in [-0.2, 0) is 11.3 Å². The van der Waals surface area contributed by atoms with Gasteiger partial charge in [0.2, 0.25) is 0 Å². The molecule has 2 aromatic rings. The second-order valence-corrected chi connectivity index (χ2v) is 7.25. The average molecular weight is 426 g/mol. The van der Waals surface area contributed by atoms with Gasteiger partial charge in [-0.1, -0.05) is 0 Å². The molecule has 0 aromatic carbocycles. The van der Waals surface area contributed by atoms with Gasteiger partial charge in [0.1, 0.15) is 9.30 Å². The molecule has 0 fully saturated rings. The first-order chi connectivity index (χ1) is 10.7. The zero-order valence-corrected chi connectivity index (χ0v) is 15.1. The Bertz CT molecular complexity index is 777. The summed E-state index contributed by atoms with van der Waals surface area (Å²) < 4.78 is 7.71. The number of hydrogen-bond donors (Lipinski definition) is 0. The predicted molar refractivity (Wildman–Crippen MR) is 90.2 cm³/mol. The van der Waals surface area contributed by atoms with E-state index in [0.29, 0.717) is 11.3 Å². The fraction of sp³-hybridized carbons (Fsp3) is 0.333. The highest BCUT2D eigenvalue weighted by atomic mass is 127. The standard InChI is InChI=1S/C15H15IN4O3/c1-15(2,3)23-14(22)19-8-11-10(13(19)21)7-20(18-11)9-4-5-12(16)17-6-9/h4-7H,8H2,1-3H3. The monoisotopic (exact) mass is 426 g/mol. The molecule has 0 radical (unpaired) electrons. The highest BCUT2D eigenvalue weighted by Crippen LogP contribution is 2.24. The summed E-state index contributed by atoms with van der Waals surface area (Å²) in [6, 6.07) is 3.73. The zero-order valence-electron chi connectivity index (χ0n) is 12.9. The molecule has 0 unspecified atom stereocenters. The number of pyridine rings is 1. The molecule has 1 aliphatic rings. The van der Waals surface area contributed by atoms with Crippen molar-refractivity contribution in [2.75, 3.05) is 0 Å². The van der Waals surface area contributed by atoms with Gasteiger partial charge in [0.15, 0.2) is 0 Å². The molecule has 0 saturated heterocycles. The second kappa shape index (κ2) is 5.59. The SMILES string of the molecule is CC(C)(C)OC(=O)N1Cc2nn(-c3ccc(I)nc3)cc2C1=O. The number of aromatic nitrogens is 3. The molecular weight excluding hydrogens is 411 g/mol. The number of halogens is 1. The van der Waals surface area contributed by atoms with E-state index in [1.165, 1.54) is 0 Å². The molecule has 2 amide bonds. The first-order valence-electron chi connectivity index (χ1n) is 7.00. The van der Waals surface area contributed by atoms with Crippen LogP contribution in [0.5, 0.6) is 0 Å². The average Bonchev–Trinajstić information content (AvgIpc) is 2.98. The van der Waals surface area contributed by atoms with Crippen LogP contribution in [0.4, 0.5) is 4.79 Å². The van der Waals surface area contributed by atoms with Crippen molar-refractivity contribution in [1.82, 2.24) is 19.7 Å². The smallest absolute Gasteiger partial charge is 0.417 e.